The van der Waals surface area contributed by atoms with Crippen LogP contribution in [0, 0.1) is 5.92 Å². The number of carbonyl (C=O) groups excluding carboxylic acids is 1. The van der Waals surface area contributed by atoms with Crippen LogP contribution in [-0.4, -0.2) is 42.0 Å². The van der Waals surface area contributed by atoms with Crippen molar-refractivity contribution < 1.29 is 14.4 Å². The molecule has 0 aromatic rings. The SMILES string of the molecule is CON=C1CC2CCC1CN2C(=O)OC(C)(C)C. The topological polar surface area (TPSA) is 51.1 Å². The number of ether oxygens (including phenoxy) is 1. The van der Waals surface area contributed by atoms with E-state index in [9.17, 15) is 4.79 Å². The standard InChI is InChI=1S/C13H22N2O3/c1-13(2,3)18-12(16)15-8-9-5-6-10(15)7-11(9)14-17-4/h9-10H,5-8H2,1-4H3. The van der Waals surface area contributed by atoms with Crippen molar-refractivity contribution in [2.24, 2.45) is 11.1 Å². The fourth-order valence-corrected chi connectivity index (χ4v) is 2.69. The average Bonchev–Trinajstić information content (AvgIpc) is 2.28. The number of oxime groups is 1. The van der Waals surface area contributed by atoms with Gasteiger partial charge in [0.15, 0.2) is 0 Å². The Morgan fingerprint density at radius 1 is 1.39 bits per heavy atom. The van der Waals surface area contributed by atoms with Crippen molar-refractivity contribution >= 4 is 11.8 Å². The molecular formula is C13H22N2O3. The minimum Gasteiger partial charge on any atom is -0.444 e. The Balaban J connectivity index is 2.03. The van der Waals surface area contributed by atoms with E-state index in [1.54, 1.807) is 7.11 Å². The van der Waals surface area contributed by atoms with Gasteiger partial charge in [-0.3, -0.25) is 0 Å². The number of rotatable bonds is 1. The lowest BCUT2D eigenvalue weighted by Gasteiger charge is -2.45. The molecule has 5 nitrogen and oxygen atoms in total. The molecule has 2 aliphatic heterocycles. The maximum atomic E-state index is 12.1. The number of fused-ring (bicyclic) bond motifs is 3. The first kappa shape index (κ1) is 13.2. The summed E-state index contributed by atoms with van der Waals surface area (Å²) in [5.41, 5.74) is 0.658. The van der Waals surface area contributed by atoms with Crippen molar-refractivity contribution in [2.45, 2.75) is 51.7 Å². The predicted molar refractivity (Wildman–Crippen MR) is 68.5 cm³/mol. The summed E-state index contributed by atoms with van der Waals surface area (Å²) >= 11 is 0. The minimum absolute atomic E-state index is 0.200. The average molecular weight is 254 g/mol. The van der Waals surface area contributed by atoms with E-state index in [1.807, 2.05) is 25.7 Å². The summed E-state index contributed by atoms with van der Waals surface area (Å²) in [7, 11) is 1.57. The molecule has 1 amide bonds. The molecule has 18 heavy (non-hydrogen) atoms. The number of carbonyl (C=O) groups is 1. The third-order valence-corrected chi connectivity index (χ3v) is 3.46. The van der Waals surface area contributed by atoms with Crippen LogP contribution in [0.5, 0.6) is 0 Å². The highest BCUT2D eigenvalue weighted by atomic mass is 16.6. The zero-order chi connectivity index (χ0) is 13.3. The van der Waals surface area contributed by atoms with Crippen LogP contribution >= 0.6 is 0 Å². The Bertz CT molecular complexity index is 360. The van der Waals surface area contributed by atoms with Crippen LogP contribution in [0.2, 0.25) is 0 Å². The normalized spacial score (nSPS) is 29.6. The molecule has 2 bridgehead atoms. The van der Waals surface area contributed by atoms with Crippen LogP contribution in [0.15, 0.2) is 5.16 Å². The van der Waals surface area contributed by atoms with Crippen molar-refractivity contribution in [1.82, 2.24) is 4.90 Å². The van der Waals surface area contributed by atoms with Crippen LogP contribution in [0.4, 0.5) is 4.79 Å². The van der Waals surface area contributed by atoms with Crippen molar-refractivity contribution in [3.63, 3.8) is 0 Å². The zero-order valence-electron chi connectivity index (χ0n) is 11.6. The summed E-state index contributed by atoms with van der Waals surface area (Å²) in [5, 5.41) is 4.07. The summed E-state index contributed by atoms with van der Waals surface area (Å²) in [6, 6.07) is 0.221. The van der Waals surface area contributed by atoms with Gasteiger partial charge in [0.05, 0.1) is 5.71 Å². The first-order chi connectivity index (χ1) is 8.40. The molecule has 3 fully saturated rings. The van der Waals surface area contributed by atoms with Gasteiger partial charge in [-0.25, -0.2) is 4.79 Å². The fourth-order valence-electron chi connectivity index (χ4n) is 2.69. The molecular weight excluding hydrogens is 232 g/mol. The van der Waals surface area contributed by atoms with E-state index in [4.69, 9.17) is 9.57 Å². The molecule has 0 aromatic heterocycles. The number of amides is 1. The second-order valence-corrected chi connectivity index (χ2v) is 6.03. The Hall–Kier alpha value is -1.26. The second-order valence-electron chi connectivity index (χ2n) is 6.03. The Labute approximate surface area is 108 Å². The van der Waals surface area contributed by atoms with E-state index in [0.29, 0.717) is 12.5 Å². The third kappa shape index (κ3) is 2.76. The Morgan fingerprint density at radius 3 is 2.61 bits per heavy atom. The van der Waals surface area contributed by atoms with Gasteiger partial charge < -0.3 is 14.5 Å². The fraction of sp³-hybridized carbons (Fsp3) is 0.846. The molecule has 102 valence electrons. The molecule has 3 rings (SSSR count). The molecule has 1 saturated carbocycles. The molecule has 3 aliphatic rings. The molecule has 2 unspecified atom stereocenters. The number of hydrogen-bond acceptors (Lipinski definition) is 4. The van der Waals surface area contributed by atoms with Gasteiger partial charge in [0.25, 0.3) is 0 Å². The van der Waals surface area contributed by atoms with Crippen molar-refractivity contribution in [2.75, 3.05) is 13.7 Å². The molecule has 0 aromatic carbocycles. The maximum absolute atomic E-state index is 12.1. The highest BCUT2D eigenvalue weighted by Crippen LogP contribution is 2.34. The van der Waals surface area contributed by atoms with Gasteiger partial charge in [-0.2, -0.15) is 0 Å². The van der Waals surface area contributed by atoms with Crippen LogP contribution in [0.1, 0.15) is 40.0 Å². The summed E-state index contributed by atoms with van der Waals surface area (Å²) < 4.78 is 5.44. The molecule has 0 N–H and O–H groups in total. The lowest BCUT2D eigenvalue weighted by molar-refractivity contribution is 0.00276. The molecule has 5 heteroatoms. The highest BCUT2D eigenvalue weighted by molar-refractivity contribution is 5.90. The van der Waals surface area contributed by atoms with Crippen LogP contribution in [-0.2, 0) is 9.57 Å². The summed E-state index contributed by atoms with van der Waals surface area (Å²) in [6.45, 7) is 6.39. The molecule has 1 aliphatic carbocycles. The van der Waals surface area contributed by atoms with E-state index in [-0.39, 0.29) is 12.1 Å². The highest BCUT2D eigenvalue weighted by Gasteiger charge is 2.42. The van der Waals surface area contributed by atoms with E-state index < -0.39 is 5.60 Å². The first-order valence-electron chi connectivity index (χ1n) is 6.50. The monoisotopic (exact) mass is 254 g/mol. The van der Waals surface area contributed by atoms with Gasteiger partial charge in [0.2, 0.25) is 0 Å². The number of hydrogen-bond donors (Lipinski definition) is 0. The third-order valence-electron chi connectivity index (χ3n) is 3.46. The summed E-state index contributed by atoms with van der Waals surface area (Å²) in [4.78, 5) is 18.8. The predicted octanol–water partition coefficient (Wildman–Crippen LogP) is 2.41. The summed E-state index contributed by atoms with van der Waals surface area (Å²) in [5.74, 6) is 0.336. The lowest BCUT2D eigenvalue weighted by Crippen LogP contribution is -2.55. The largest absolute Gasteiger partial charge is 0.444 e. The van der Waals surface area contributed by atoms with Gasteiger partial charge in [0, 0.05) is 24.9 Å². The lowest BCUT2D eigenvalue weighted by atomic mass is 9.78. The van der Waals surface area contributed by atoms with Gasteiger partial charge in [-0.15, -0.1) is 0 Å². The number of nitrogens with zero attached hydrogens (tertiary/aromatic N) is 2. The van der Waals surface area contributed by atoms with Gasteiger partial charge >= 0.3 is 6.09 Å². The maximum Gasteiger partial charge on any atom is 0.410 e. The van der Waals surface area contributed by atoms with Gasteiger partial charge in [0.1, 0.15) is 12.7 Å². The molecule has 0 radical (unpaired) electrons. The van der Waals surface area contributed by atoms with Gasteiger partial charge in [-0.1, -0.05) is 5.16 Å². The van der Waals surface area contributed by atoms with E-state index in [1.165, 1.54) is 0 Å². The van der Waals surface area contributed by atoms with E-state index in [2.05, 4.69) is 5.16 Å². The quantitative estimate of drug-likeness (QED) is 0.675. The van der Waals surface area contributed by atoms with E-state index >= 15 is 0 Å². The molecule has 0 spiro atoms. The van der Waals surface area contributed by atoms with Crippen molar-refractivity contribution in [3.05, 3.63) is 0 Å². The van der Waals surface area contributed by atoms with E-state index in [0.717, 1.165) is 25.0 Å². The number of piperidine rings is 2. The van der Waals surface area contributed by atoms with Crippen molar-refractivity contribution in [1.29, 1.82) is 0 Å². The molecule has 2 atom stereocenters. The molecule has 2 heterocycles. The zero-order valence-corrected chi connectivity index (χ0v) is 11.6. The Kier molecular flexibility index (Phi) is 3.50. The molecule has 2 saturated heterocycles. The van der Waals surface area contributed by atoms with Crippen LogP contribution in [0.25, 0.3) is 0 Å². The minimum atomic E-state index is -0.433. The van der Waals surface area contributed by atoms with Crippen LogP contribution in [0.3, 0.4) is 0 Å². The first-order valence-corrected chi connectivity index (χ1v) is 6.50. The smallest absolute Gasteiger partial charge is 0.410 e. The van der Waals surface area contributed by atoms with Crippen LogP contribution < -0.4 is 0 Å². The van der Waals surface area contributed by atoms with Gasteiger partial charge in [-0.05, 0) is 33.6 Å². The second kappa shape index (κ2) is 4.78. The Morgan fingerprint density at radius 2 is 2.11 bits per heavy atom. The van der Waals surface area contributed by atoms with Crippen molar-refractivity contribution in [3.8, 4) is 0 Å². The summed E-state index contributed by atoms with van der Waals surface area (Å²) in [6.07, 6.45) is 2.74.